The maximum absolute atomic E-state index is 11.0. The van der Waals surface area contributed by atoms with E-state index in [1.807, 2.05) is 43.3 Å². The highest BCUT2D eigenvalue weighted by atomic mass is 16.6. The molecule has 7 nitrogen and oxygen atoms in total. The molecule has 0 aliphatic heterocycles. The first-order chi connectivity index (χ1) is 13.0. The number of nitro benzene ring substituents is 1. The summed E-state index contributed by atoms with van der Waals surface area (Å²) in [6.45, 7) is 0. The number of nitro groups is 1. The topological polar surface area (TPSA) is 95.1 Å². The zero-order chi connectivity index (χ0) is 19.4. The Bertz CT molecular complexity index is 1020. The smallest absolute Gasteiger partial charge is 0.271 e. The molecule has 0 bridgehead atoms. The molecule has 0 aliphatic carbocycles. The number of nitrogens with one attached hydrogen (secondary N) is 1. The Kier molecular flexibility index (Phi) is 4.99. The molecule has 0 radical (unpaired) electrons. The number of aromatic nitrogens is 1. The fourth-order valence-corrected chi connectivity index (χ4v) is 2.68. The fourth-order valence-electron chi connectivity index (χ4n) is 2.68. The molecule has 0 amide bonds. The highest BCUT2D eigenvalue weighted by Gasteiger charge is 2.13. The van der Waals surface area contributed by atoms with Gasteiger partial charge in [0.25, 0.3) is 5.69 Å². The van der Waals surface area contributed by atoms with Gasteiger partial charge in [-0.05, 0) is 23.8 Å². The Morgan fingerprint density at radius 3 is 2.52 bits per heavy atom. The predicted octanol–water partition coefficient (Wildman–Crippen LogP) is 4.34. The third-order valence-electron chi connectivity index (χ3n) is 4.09. The van der Waals surface area contributed by atoms with E-state index in [9.17, 15) is 15.4 Å². The van der Waals surface area contributed by atoms with E-state index < -0.39 is 4.92 Å². The maximum atomic E-state index is 11.0. The number of benzene rings is 2. The second kappa shape index (κ2) is 7.54. The van der Waals surface area contributed by atoms with Crippen molar-refractivity contribution in [3.63, 3.8) is 0 Å². The van der Waals surface area contributed by atoms with E-state index in [0.717, 1.165) is 16.8 Å². The van der Waals surface area contributed by atoms with Crippen LogP contribution in [-0.4, -0.2) is 24.0 Å². The Balaban J connectivity index is 2.06. The molecule has 1 aromatic heterocycles. The molecule has 0 fully saturated rings. The summed E-state index contributed by atoms with van der Waals surface area (Å²) in [7, 11) is 3.92. The van der Waals surface area contributed by atoms with E-state index in [-0.39, 0.29) is 5.69 Å². The summed E-state index contributed by atoms with van der Waals surface area (Å²) in [5.74, 6) is 0. The molecule has 0 saturated heterocycles. The van der Waals surface area contributed by atoms with Crippen molar-refractivity contribution >= 4 is 22.7 Å². The Labute approximate surface area is 156 Å². The number of hydrogen-bond donors (Lipinski definition) is 1. The standard InChI is InChI=1S/C20H17N5O2/c1-24(2)17-8-6-14(7-9-17)19-13-22-12-15(11-21)20(19)23-16-4-3-5-18(10-16)25(26)27/h3-10,12-13H,1-2H3,(H,22,23). The van der Waals surface area contributed by atoms with Crippen molar-refractivity contribution in [1.29, 1.82) is 5.26 Å². The minimum Gasteiger partial charge on any atom is -0.378 e. The minimum atomic E-state index is -0.455. The van der Waals surface area contributed by atoms with Crippen molar-refractivity contribution in [2.75, 3.05) is 24.3 Å². The molecular weight excluding hydrogens is 342 g/mol. The van der Waals surface area contributed by atoms with Crippen molar-refractivity contribution in [2.45, 2.75) is 0 Å². The van der Waals surface area contributed by atoms with Gasteiger partial charge in [-0.2, -0.15) is 5.26 Å². The lowest BCUT2D eigenvalue weighted by atomic mass is 10.0. The summed E-state index contributed by atoms with van der Waals surface area (Å²) < 4.78 is 0. The van der Waals surface area contributed by atoms with Crippen LogP contribution in [0.2, 0.25) is 0 Å². The molecular formula is C20H17N5O2. The number of hydrogen-bond acceptors (Lipinski definition) is 6. The Hall–Kier alpha value is -3.92. The van der Waals surface area contributed by atoms with E-state index in [0.29, 0.717) is 16.9 Å². The van der Waals surface area contributed by atoms with E-state index in [2.05, 4.69) is 16.4 Å². The Morgan fingerprint density at radius 2 is 1.89 bits per heavy atom. The van der Waals surface area contributed by atoms with Gasteiger partial charge in [0.2, 0.25) is 0 Å². The number of non-ortho nitro benzene ring substituents is 1. The first-order valence-electron chi connectivity index (χ1n) is 8.17. The summed E-state index contributed by atoms with van der Waals surface area (Å²) in [5.41, 5.74) is 4.10. The van der Waals surface area contributed by atoms with Crippen LogP contribution in [0.5, 0.6) is 0 Å². The normalized spacial score (nSPS) is 10.1. The van der Waals surface area contributed by atoms with Gasteiger partial charge in [0.1, 0.15) is 6.07 Å². The van der Waals surface area contributed by atoms with Crippen molar-refractivity contribution < 1.29 is 4.92 Å². The molecule has 0 unspecified atom stereocenters. The van der Waals surface area contributed by atoms with Crippen molar-refractivity contribution in [3.8, 4) is 17.2 Å². The molecule has 2 aromatic carbocycles. The number of rotatable bonds is 5. The van der Waals surface area contributed by atoms with Crippen LogP contribution >= 0.6 is 0 Å². The first kappa shape index (κ1) is 17.9. The number of anilines is 3. The molecule has 27 heavy (non-hydrogen) atoms. The van der Waals surface area contributed by atoms with Gasteiger partial charge in [0.05, 0.1) is 16.2 Å². The zero-order valence-electron chi connectivity index (χ0n) is 14.9. The van der Waals surface area contributed by atoms with Gasteiger partial charge in [0, 0.05) is 55.6 Å². The average Bonchev–Trinajstić information content (AvgIpc) is 2.68. The first-order valence-corrected chi connectivity index (χ1v) is 8.17. The molecule has 134 valence electrons. The number of nitrogens with zero attached hydrogens (tertiary/aromatic N) is 4. The van der Waals surface area contributed by atoms with Gasteiger partial charge < -0.3 is 10.2 Å². The second-order valence-electron chi connectivity index (χ2n) is 6.10. The van der Waals surface area contributed by atoms with Crippen LogP contribution in [0.25, 0.3) is 11.1 Å². The largest absolute Gasteiger partial charge is 0.378 e. The van der Waals surface area contributed by atoms with Gasteiger partial charge in [-0.1, -0.05) is 18.2 Å². The highest BCUT2D eigenvalue weighted by Crippen LogP contribution is 2.33. The van der Waals surface area contributed by atoms with Crippen LogP contribution in [0, 0.1) is 21.4 Å². The number of pyridine rings is 1. The van der Waals surface area contributed by atoms with Crippen LogP contribution in [0.15, 0.2) is 60.9 Å². The lowest BCUT2D eigenvalue weighted by molar-refractivity contribution is -0.384. The van der Waals surface area contributed by atoms with Gasteiger partial charge in [-0.25, -0.2) is 0 Å². The molecule has 0 saturated carbocycles. The average molecular weight is 359 g/mol. The van der Waals surface area contributed by atoms with Crippen LogP contribution in [0.4, 0.5) is 22.7 Å². The summed E-state index contributed by atoms with van der Waals surface area (Å²) in [6.07, 6.45) is 3.14. The quantitative estimate of drug-likeness (QED) is 0.538. The van der Waals surface area contributed by atoms with E-state index in [1.165, 1.54) is 18.3 Å². The monoisotopic (exact) mass is 359 g/mol. The summed E-state index contributed by atoms with van der Waals surface area (Å²) in [6, 6.07) is 16.1. The van der Waals surface area contributed by atoms with E-state index in [4.69, 9.17) is 0 Å². The van der Waals surface area contributed by atoms with Crippen LogP contribution in [0.3, 0.4) is 0 Å². The predicted molar refractivity (Wildman–Crippen MR) is 105 cm³/mol. The molecule has 0 spiro atoms. The van der Waals surface area contributed by atoms with Gasteiger partial charge >= 0.3 is 0 Å². The van der Waals surface area contributed by atoms with Crippen LogP contribution in [0.1, 0.15) is 5.56 Å². The number of nitriles is 1. The Morgan fingerprint density at radius 1 is 1.15 bits per heavy atom. The van der Waals surface area contributed by atoms with Gasteiger partial charge in [-0.15, -0.1) is 0 Å². The lowest BCUT2D eigenvalue weighted by Crippen LogP contribution is -2.08. The van der Waals surface area contributed by atoms with Crippen molar-refractivity contribution in [2.24, 2.45) is 0 Å². The highest BCUT2D eigenvalue weighted by molar-refractivity contribution is 5.85. The molecule has 3 aromatic rings. The fraction of sp³-hybridized carbons (Fsp3) is 0.100. The second-order valence-corrected chi connectivity index (χ2v) is 6.10. The van der Waals surface area contributed by atoms with Crippen molar-refractivity contribution in [1.82, 2.24) is 4.98 Å². The summed E-state index contributed by atoms with van der Waals surface area (Å²) in [4.78, 5) is 16.7. The zero-order valence-corrected chi connectivity index (χ0v) is 14.9. The lowest BCUT2D eigenvalue weighted by Gasteiger charge is -2.15. The third-order valence-corrected chi connectivity index (χ3v) is 4.09. The maximum Gasteiger partial charge on any atom is 0.271 e. The minimum absolute atomic E-state index is 0.0237. The van der Waals surface area contributed by atoms with E-state index >= 15 is 0 Å². The molecule has 1 heterocycles. The van der Waals surface area contributed by atoms with Crippen LogP contribution in [-0.2, 0) is 0 Å². The van der Waals surface area contributed by atoms with Gasteiger partial charge in [-0.3, -0.25) is 15.1 Å². The summed E-state index contributed by atoms with van der Waals surface area (Å²) >= 11 is 0. The summed E-state index contributed by atoms with van der Waals surface area (Å²) in [5, 5.41) is 23.6. The SMILES string of the molecule is CN(C)c1ccc(-c2cncc(C#N)c2Nc2cccc([N+](=O)[O-])c2)cc1. The van der Waals surface area contributed by atoms with Gasteiger partial charge in [0.15, 0.2) is 0 Å². The molecule has 1 N–H and O–H groups in total. The third kappa shape index (κ3) is 3.85. The molecule has 0 aliphatic rings. The molecule has 0 atom stereocenters. The molecule has 3 rings (SSSR count). The van der Waals surface area contributed by atoms with Crippen molar-refractivity contribution in [3.05, 3.63) is 76.6 Å². The molecule has 7 heteroatoms. The van der Waals surface area contributed by atoms with E-state index in [1.54, 1.807) is 18.3 Å². The van der Waals surface area contributed by atoms with Crippen LogP contribution < -0.4 is 10.2 Å².